The third kappa shape index (κ3) is 2.54. The molecule has 0 aliphatic carbocycles. The van der Waals surface area contributed by atoms with Crippen LogP contribution in [0, 0.1) is 6.92 Å². The largest absolute Gasteiger partial charge is 0.494 e. The number of methoxy groups -OCH3 is 1. The van der Waals surface area contributed by atoms with E-state index in [0.29, 0.717) is 5.69 Å². The molecule has 0 aliphatic heterocycles. The molecule has 0 saturated heterocycles. The molecule has 0 atom stereocenters. The second-order valence-electron chi connectivity index (χ2n) is 5.88. The fraction of sp³-hybridized carbons (Fsp3) is 0.467. The Hall–Kier alpha value is -1.88. The molecule has 0 aliphatic rings. The van der Waals surface area contributed by atoms with E-state index >= 15 is 0 Å². The Kier molecular flexibility index (Phi) is 3.81. The molecule has 0 amide bonds. The number of aromatic nitrogens is 3. The topological polar surface area (TPSA) is 60.2 Å². The molecule has 0 unspecified atom stereocenters. The predicted octanol–water partition coefficient (Wildman–Crippen LogP) is 2.37. The molecule has 0 saturated carbocycles. The number of hydrogen-bond acceptors (Lipinski definition) is 4. The second-order valence-corrected chi connectivity index (χ2v) is 5.88. The Morgan fingerprint density at radius 2 is 2.00 bits per heavy atom. The first-order chi connectivity index (χ1) is 9.38. The van der Waals surface area contributed by atoms with E-state index in [4.69, 9.17) is 4.74 Å². The van der Waals surface area contributed by atoms with Gasteiger partial charge in [0.2, 0.25) is 0 Å². The standard InChI is InChI=1S/C15H21N3O2/c1-10-6-7-13(20-5)12(8-10)18-14(15(2,3)4)11(9-19)16-17-18/h6-8,19H,9H2,1-5H3. The zero-order valence-corrected chi connectivity index (χ0v) is 12.6. The van der Waals surface area contributed by atoms with Crippen molar-refractivity contribution in [1.82, 2.24) is 15.0 Å². The van der Waals surface area contributed by atoms with Crippen molar-refractivity contribution in [3.05, 3.63) is 35.2 Å². The fourth-order valence-corrected chi connectivity index (χ4v) is 2.30. The highest BCUT2D eigenvalue weighted by Crippen LogP contribution is 2.31. The van der Waals surface area contributed by atoms with E-state index < -0.39 is 0 Å². The van der Waals surface area contributed by atoms with Gasteiger partial charge in [-0.1, -0.05) is 32.1 Å². The Bertz CT molecular complexity index is 612. The van der Waals surface area contributed by atoms with E-state index in [0.717, 1.165) is 22.7 Å². The summed E-state index contributed by atoms with van der Waals surface area (Å²) in [6.45, 7) is 8.11. The highest BCUT2D eigenvalue weighted by molar-refractivity contribution is 5.50. The van der Waals surface area contributed by atoms with Crippen molar-refractivity contribution >= 4 is 0 Å². The normalized spacial score (nSPS) is 11.7. The van der Waals surface area contributed by atoms with E-state index in [1.54, 1.807) is 11.8 Å². The van der Waals surface area contributed by atoms with Gasteiger partial charge in [0.25, 0.3) is 0 Å². The number of hydrogen-bond donors (Lipinski definition) is 1. The molecular formula is C15H21N3O2. The molecule has 108 valence electrons. The van der Waals surface area contributed by atoms with Gasteiger partial charge in [-0.25, -0.2) is 4.68 Å². The quantitative estimate of drug-likeness (QED) is 0.934. The summed E-state index contributed by atoms with van der Waals surface area (Å²) in [7, 11) is 1.63. The summed E-state index contributed by atoms with van der Waals surface area (Å²) in [5.41, 5.74) is 3.26. The third-order valence-corrected chi connectivity index (χ3v) is 3.16. The highest BCUT2D eigenvalue weighted by atomic mass is 16.5. The van der Waals surface area contributed by atoms with Crippen molar-refractivity contribution in [3.63, 3.8) is 0 Å². The van der Waals surface area contributed by atoms with E-state index in [1.807, 2.05) is 25.1 Å². The second kappa shape index (κ2) is 5.25. The van der Waals surface area contributed by atoms with Crippen LogP contribution in [0.2, 0.25) is 0 Å². The van der Waals surface area contributed by atoms with Crippen molar-refractivity contribution in [2.75, 3.05) is 7.11 Å². The minimum absolute atomic E-state index is 0.124. The average molecular weight is 275 g/mol. The molecule has 5 heteroatoms. The number of aliphatic hydroxyl groups is 1. The van der Waals surface area contributed by atoms with Gasteiger partial charge in [-0.2, -0.15) is 0 Å². The van der Waals surface area contributed by atoms with Crippen LogP contribution in [-0.4, -0.2) is 27.2 Å². The smallest absolute Gasteiger partial charge is 0.144 e. The molecule has 0 radical (unpaired) electrons. The van der Waals surface area contributed by atoms with Crippen LogP contribution in [0.1, 0.15) is 37.7 Å². The average Bonchev–Trinajstić information content (AvgIpc) is 2.82. The number of ether oxygens (including phenoxy) is 1. The van der Waals surface area contributed by atoms with Crippen LogP contribution in [0.15, 0.2) is 18.2 Å². The van der Waals surface area contributed by atoms with E-state index in [9.17, 15) is 5.11 Å². The lowest BCUT2D eigenvalue weighted by Gasteiger charge is -2.22. The zero-order chi connectivity index (χ0) is 14.9. The first-order valence-corrected chi connectivity index (χ1v) is 6.59. The van der Waals surface area contributed by atoms with Crippen molar-refractivity contribution in [2.45, 2.75) is 39.7 Å². The van der Waals surface area contributed by atoms with E-state index in [2.05, 4.69) is 31.1 Å². The molecule has 2 rings (SSSR count). The van der Waals surface area contributed by atoms with E-state index in [1.165, 1.54) is 0 Å². The summed E-state index contributed by atoms with van der Waals surface area (Å²) in [6.07, 6.45) is 0. The van der Waals surface area contributed by atoms with Crippen LogP contribution < -0.4 is 4.74 Å². The van der Waals surface area contributed by atoms with Gasteiger partial charge < -0.3 is 9.84 Å². The van der Waals surface area contributed by atoms with Crippen LogP contribution in [0.25, 0.3) is 5.69 Å². The van der Waals surface area contributed by atoms with Crippen LogP contribution >= 0.6 is 0 Å². The minimum Gasteiger partial charge on any atom is -0.494 e. The Morgan fingerprint density at radius 1 is 1.30 bits per heavy atom. The van der Waals surface area contributed by atoms with Gasteiger partial charge in [0.05, 0.1) is 19.4 Å². The van der Waals surface area contributed by atoms with Gasteiger partial charge in [-0.05, 0) is 24.6 Å². The van der Waals surface area contributed by atoms with Crippen LogP contribution in [0.5, 0.6) is 5.75 Å². The van der Waals surface area contributed by atoms with Crippen LogP contribution in [0.3, 0.4) is 0 Å². The van der Waals surface area contributed by atoms with Gasteiger partial charge >= 0.3 is 0 Å². The first kappa shape index (κ1) is 14.5. The number of nitrogens with zero attached hydrogens (tertiary/aromatic N) is 3. The summed E-state index contributed by atoms with van der Waals surface area (Å²) in [4.78, 5) is 0. The van der Waals surface area contributed by atoms with E-state index in [-0.39, 0.29) is 12.0 Å². The lowest BCUT2D eigenvalue weighted by atomic mass is 9.90. The lowest BCUT2D eigenvalue weighted by Crippen LogP contribution is -2.20. The molecule has 1 aromatic carbocycles. The third-order valence-electron chi connectivity index (χ3n) is 3.16. The molecular weight excluding hydrogens is 254 g/mol. The molecule has 5 nitrogen and oxygen atoms in total. The summed E-state index contributed by atoms with van der Waals surface area (Å²) in [5, 5.41) is 17.8. The minimum atomic E-state index is -0.184. The maximum Gasteiger partial charge on any atom is 0.144 e. The van der Waals surface area contributed by atoms with Crippen LogP contribution in [0.4, 0.5) is 0 Å². The highest BCUT2D eigenvalue weighted by Gasteiger charge is 2.26. The number of aliphatic hydroxyl groups excluding tert-OH is 1. The number of benzene rings is 1. The Labute approximate surface area is 119 Å². The molecule has 1 heterocycles. The van der Waals surface area contributed by atoms with Crippen LogP contribution in [-0.2, 0) is 12.0 Å². The maximum absolute atomic E-state index is 9.48. The summed E-state index contributed by atoms with van der Waals surface area (Å²) in [5.74, 6) is 0.732. The summed E-state index contributed by atoms with van der Waals surface area (Å²) >= 11 is 0. The van der Waals surface area contributed by atoms with Gasteiger partial charge in [0.1, 0.15) is 17.1 Å². The molecule has 0 spiro atoms. The molecule has 2 aromatic rings. The summed E-state index contributed by atoms with van der Waals surface area (Å²) < 4.78 is 7.18. The fourth-order valence-electron chi connectivity index (χ4n) is 2.30. The maximum atomic E-state index is 9.48. The Balaban J connectivity index is 2.70. The monoisotopic (exact) mass is 275 g/mol. The Morgan fingerprint density at radius 3 is 2.55 bits per heavy atom. The van der Waals surface area contributed by atoms with Gasteiger partial charge in [-0.15, -0.1) is 5.10 Å². The van der Waals surface area contributed by atoms with Crippen molar-refractivity contribution < 1.29 is 9.84 Å². The number of rotatable bonds is 3. The molecule has 0 bridgehead atoms. The van der Waals surface area contributed by atoms with Gasteiger partial charge in [-0.3, -0.25) is 0 Å². The summed E-state index contributed by atoms with van der Waals surface area (Å²) in [6, 6.07) is 5.91. The lowest BCUT2D eigenvalue weighted by molar-refractivity contribution is 0.273. The first-order valence-electron chi connectivity index (χ1n) is 6.59. The van der Waals surface area contributed by atoms with Crippen molar-refractivity contribution in [3.8, 4) is 11.4 Å². The zero-order valence-electron chi connectivity index (χ0n) is 12.6. The molecule has 0 fully saturated rings. The molecule has 1 aromatic heterocycles. The predicted molar refractivity (Wildman–Crippen MR) is 77.3 cm³/mol. The van der Waals surface area contributed by atoms with Crippen molar-refractivity contribution in [1.29, 1.82) is 0 Å². The SMILES string of the molecule is COc1ccc(C)cc1-n1nnc(CO)c1C(C)(C)C. The number of aryl methyl sites for hydroxylation is 1. The molecule has 20 heavy (non-hydrogen) atoms. The van der Waals surface area contributed by atoms with Crippen molar-refractivity contribution in [2.24, 2.45) is 0 Å². The van der Waals surface area contributed by atoms with Gasteiger partial charge in [0, 0.05) is 5.41 Å². The molecule has 1 N–H and O–H groups in total. The van der Waals surface area contributed by atoms with Gasteiger partial charge in [0.15, 0.2) is 0 Å².